The van der Waals surface area contributed by atoms with Gasteiger partial charge in [-0.1, -0.05) is 6.92 Å². The molecule has 1 aromatic heterocycles. The fourth-order valence-electron chi connectivity index (χ4n) is 2.44. The third-order valence-corrected chi connectivity index (χ3v) is 3.28. The highest BCUT2D eigenvalue weighted by Crippen LogP contribution is 2.17. The topological polar surface area (TPSA) is 50.3 Å². The Hall–Kier alpha value is -1.43. The van der Waals surface area contributed by atoms with Gasteiger partial charge in [0, 0.05) is 12.6 Å². The third kappa shape index (κ3) is 3.76. The van der Waals surface area contributed by atoms with Crippen molar-refractivity contribution in [1.82, 2.24) is 14.9 Å². The van der Waals surface area contributed by atoms with Gasteiger partial charge in [-0.05, 0) is 32.4 Å². The van der Waals surface area contributed by atoms with Gasteiger partial charge in [-0.25, -0.2) is 4.98 Å². The molecular formula is C13H21FN4O. The van der Waals surface area contributed by atoms with Gasteiger partial charge in [-0.15, -0.1) is 0 Å². The molecule has 1 fully saturated rings. The summed E-state index contributed by atoms with van der Waals surface area (Å²) in [7, 11) is 1.40. The first-order valence-electron chi connectivity index (χ1n) is 6.78. The van der Waals surface area contributed by atoms with E-state index in [1.807, 2.05) is 0 Å². The predicted octanol–water partition coefficient (Wildman–Crippen LogP) is 1.91. The number of rotatable bonds is 5. The molecule has 0 aliphatic carbocycles. The molecule has 1 aliphatic rings. The number of hydrogen-bond acceptors (Lipinski definition) is 5. The molecule has 0 spiro atoms. The zero-order chi connectivity index (χ0) is 13.7. The SMILES string of the molecule is CCCN1CCCC(Nc2ncc(F)c(OC)n2)C1. The summed E-state index contributed by atoms with van der Waals surface area (Å²) in [5.74, 6) is -0.121. The number of likely N-dealkylation sites (tertiary alicyclic amines) is 1. The van der Waals surface area contributed by atoms with Gasteiger partial charge in [0.05, 0.1) is 13.3 Å². The van der Waals surface area contributed by atoms with E-state index >= 15 is 0 Å². The minimum absolute atomic E-state index is 0.0151. The van der Waals surface area contributed by atoms with Crippen LogP contribution in [0.2, 0.25) is 0 Å². The van der Waals surface area contributed by atoms with Crippen molar-refractivity contribution in [3.8, 4) is 5.88 Å². The van der Waals surface area contributed by atoms with Gasteiger partial charge in [0.1, 0.15) is 0 Å². The monoisotopic (exact) mass is 268 g/mol. The summed E-state index contributed by atoms with van der Waals surface area (Å²) in [4.78, 5) is 10.4. The molecule has 19 heavy (non-hydrogen) atoms. The summed E-state index contributed by atoms with van der Waals surface area (Å²) in [5.41, 5.74) is 0. The second kappa shape index (κ2) is 6.65. The van der Waals surface area contributed by atoms with E-state index in [4.69, 9.17) is 4.74 Å². The predicted molar refractivity (Wildman–Crippen MR) is 71.9 cm³/mol. The number of anilines is 1. The van der Waals surface area contributed by atoms with Crippen LogP contribution in [0.25, 0.3) is 0 Å². The van der Waals surface area contributed by atoms with Crippen LogP contribution in [0.1, 0.15) is 26.2 Å². The van der Waals surface area contributed by atoms with Crippen LogP contribution in [0.3, 0.4) is 0 Å². The Morgan fingerprint density at radius 3 is 3.16 bits per heavy atom. The fraction of sp³-hybridized carbons (Fsp3) is 0.692. The second-order valence-corrected chi connectivity index (χ2v) is 4.83. The summed E-state index contributed by atoms with van der Waals surface area (Å²) in [6, 6.07) is 0.315. The van der Waals surface area contributed by atoms with Crippen molar-refractivity contribution in [2.75, 3.05) is 32.1 Å². The molecule has 5 nitrogen and oxygen atoms in total. The summed E-state index contributed by atoms with van der Waals surface area (Å²) < 4.78 is 18.1. The number of ether oxygens (including phenoxy) is 1. The summed E-state index contributed by atoms with van der Waals surface area (Å²) in [6.45, 7) is 5.44. The molecule has 0 aromatic carbocycles. The Bertz CT molecular complexity index is 414. The first-order chi connectivity index (χ1) is 9.22. The van der Waals surface area contributed by atoms with Crippen molar-refractivity contribution in [3.05, 3.63) is 12.0 Å². The largest absolute Gasteiger partial charge is 0.479 e. The van der Waals surface area contributed by atoms with E-state index in [2.05, 4.69) is 27.1 Å². The average molecular weight is 268 g/mol. The first kappa shape index (κ1) is 14.0. The van der Waals surface area contributed by atoms with E-state index in [9.17, 15) is 4.39 Å². The first-order valence-corrected chi connectivity index (χ1v) is 6.78. The fourth-order valence-corrected chi connectivity index (χ4v) is 2.44. The van der Waals surface area contributed by atoms with Crippen molar-refractivity contribution in [1.29, 1.82) is 0 Å². The number of aromatic nitrogens is 2. The maximum atomic E-state index is 13.2. The molecule has 1 saturated heterocycles. The lowest BCUT2D eigenvalue weighted by atomic mass is 10.1. The number of piperidine rings is 1. The van der Waals surface area contributed by atoms with Crippen LogP contribution < -0.4 is 10.1 Å². The van der Waals surface area contributed by atoms with Gasteiger partial charge < -0.3 is 15.0 Å². The standard InChI is InChI=1S/C13H21FN4O/c1-3-6-18-7-4-5-10(9-18)16-13-15-8-11(14)12(17-13)19-2/h8,10H,3-7,9H2,1-2H3,(H,15,16,17). The smallest absolute Gasteiger partial charge is 0.255 e. The summed E-state index contributed by atoms with van der Waals surface area (Å²) in [5, 5.41) is 3.26. The van der Waals surface area contributed by atoms with Gasteiger partial charge in [0.15, 0.2) is 0 Å². The second-order valence-electron chi connectivity index (χ2n) is 4.83. The molecule has 1 N–H and O–H groups in total. The third-order valence-electron chi connectivity index (χ3n) is 3.28. The Morgan fingerprint density at radius 2 is 2.42 bits per heavy atom. The van der Waals surface area contributed by atoms with E-state index in [0.717, 1.165) is 45.1 Å². The minimum atomic E-state index is -0.538. The maximum absolute atomic E-state index is 13.2. The molecule has 2 rings (SSSR count). The van der Waals surface area contributed by atoms with Crippen LogP contribution in [0.4, 0.5) is 10.3 Å². The van der Waals surface area contributed by atoms with Crippen LogP contribution in [0.5, 0.6) is 5.88 Å². The van der Waals surface area contributed by atoms with E-state index in [0.29, 0.717) is 12.0 Å². The quantitative estimate of drug-likeness (QED) is 0.884. The van der Waals surface area contributed by atoms with E-state index in [1.54, 1.807) is 0 Å². The Morgan fingerprint density at radius 1 is 1.58 bits per heavy atom. The highest BCUT2D eigenvalue weighted by molar-refractivity contribution is 5.30. The van der Waals surface area contributed by atoms with Crippen LogP contribution in [-0.4, -0.2) is 47.7 Å². The van der Waals surface area contributed by atoms with Gasteiger partial charge in [-0.3, -0.25) is 0 Å². The number of methoxy groups -OCH3 is 1. The van der Waals surface area contributed by atoms with Crippen molar-refractivity contribution in [2.24, 2.45) is 0 Å². The molecule has 1 aromatic rings. The van der Waals surface area contributed by atoms with Crippen molar-refractivity contribution in [2.45, 2.75) is 32.2 Å². The zero-order valence-electron chi connectivity index (χ0n) is 11.5. The zero-order valence-corrected chi connectivity index (χ0v) is 11.5. The lowest BCUT2D eigenvalue weighted by Crippen LogP contribution is -2.42. The minimum Gasteiger partial charge on any atom is -0.479 e. The van der Waals surface area contributed by atoms with Crippen molar-refractivity contribution >= 4 is 5.95 Å². The van der Waals surface area contributed by atoms with E-state index in [1.165, 1.54) is 7.11 Å². The lowest BCUT2D eigenvalue weighted by Gasteiger charge is -2.32. The van der Waals surface area contributed by atoms with Gasteiger partial charge in [-0.2, -0.15) is 9.37 Å². The van der Waals surface area contributed by atoms with Gasteiger partial charge >= 0.3 is 0 Å². The maximum Gasteiger partial charge on any atom is 0.255 e. The van der Waals surface area contributed by atoms with Gasteiger partial charge in [0.25, 0.3) is 5.88 Å². The average Bonchev–Trinajstić information content (AvgIpc) is 2.42. The van der Waals surface area contributed by atoms with Crippen LogP contribution in [-0.2, 0) is 0 Å². The summed E-state index contributed by atoms with van der Waals surface area (Å²) in [6.07, 6.45) is 4.55. The number of nitrogens with zero attached hydrogens (tertiary/aromatic N) is 3. The molecule has 2 heterocycles. The molecule has 6 heteroatoms. The van der Waals surface area contributed by atoms with E-state index < -0.39 is 5.82 Å². The Balaban J connectivity index is 1.96. The van der Waals surface area contributed by atoms with Crippen LogP contribution >= 0.6 is 0 Å². The molecule has 106 valence electrons. The van der Waals surface area contributed by atoms with Crippen molar-refractivity contribution < 1.29 is 9.13 Å². The molecular weight excluding hydrogens is 247 g/mol. The number of nitrogens with one attached hydrogen (secondary N) is 1. The molecule has 1 aliphatic heterocycles. The normalized spacial score (nSPS) is 20.3. The Labute approximate surface area is 113 Å². The lowest BCUT2D eigenvalue weighted by molar-refractivity contribution is 0.216. The Kier molecular flexibility index (Phi) is 4.90. The molecule has 0 bridgehead atoms. The number of hydrogen-bond donors (Lipinski definition) is 1. The van der Waals surface area contributed by atoms with Crippen LogP contribution in [0, 0.1) is 5.82 Å². The highest BCUT2D eigenvalue weighted by Gasteiger charge is 2.20. The molecule has 0 amide bonds. The van der Waals surface area contributed by atoms with Crippen LogP contribution in [0.15, 0.2) is 6.20 Å². The number of halogens is 1. The van der Waals surface area contributed by atoms with Crippen molar-refractivity contribution in [3.63, 3.8) is 0 Å². The summed E-state index contributed by atoms with van der Waals surface area (Å²) >= 11 is 0. The molecule has 0 saturated carbocycles. The highest BCUT2D eigenvalue weighted by atomic mass is 19.1. The van der Waals surface area contributed by atoms with E-state index in [-0.39, 0.29) is 5.88 Å². The molecule has 1 unspecified atom stereocenters. The molecule has 1 atom stereocenters. The molecule has 0 radical (unpaired) electrons. The van der Waals surface area contributed by atoms with Gasteiger partial charge in [0.2, 0.25) is 11.8 Å².